The van der Waals surface area contributed by atoms with E-state index in [1.807, 2.05) is 22.7 Å². The van der Waals surface area contributed by atoms with Gasteiger partial charge in [0.1, 0.15) is 0 Å². The molecule has 0 saturated carbocycles. The van der Waals surface area contributed by atoms with Crippen molar-refractivity contribution in [3.05, 3.63) is 208 Å². The maximum absolute atomic E-state index is 3.99. The number of halogens is 2. The van der Waals surface area contributed by atoms with Crippen LogP contribution in [0.3, 0.4) is 0 Å². The van der Waals surface area contributed by atoms with E-state index in [1.165, 1.54) is 98.4 Å². The summed E-state index contributed by atoms with van der Waals surface area (Å²) >= 11 is 11.7. The van der Waals surface area contributed by atoms with Crippen molar-refractivity contribution in [3.8, 4) is 20.9 Å². The number of hydrogen-bond acceptors (Lipinski definition) is 2. The largest absolute Gasteiger partial charge is 0.128 e. The zero-order valence-corrected chi connectivity index (χ0v) is 34.1. The minimum Gasteiger partial charge on any atom is -0.128 e. The lowest BCUT2D eigenvalue weighted by atomic mass is 9.57. The molecule has 0 bridgehead atoms. The molecule has 0 N–H and O–H groups in total. The molecule has 10 rings (SSSR count). The predicted octanol–water partition coefficient (Wildman–Crippen LogP) is 14.4. The fourth-order valence-electron chi connectivity index (χ4n) is 9.26. The van der Waals surface area contributed by atoms with Crippen LogP contribution in [0.4, 0.5) is 0 Å². The Morgan fingerprint density at radius 3 is 0.942 bits per heavy atom. The Bertz CT molecular complexity index is 2430. The summed E-state index contributed by atoms with van der Waals surface area (Å²) in [4.78, 5) is 2.66. The average molecular weight is 835 g/mol. The van der Waals surface area contributed by atoms with Crippen LogP contribution in [-0.4, -0.2) is 0 Å². The van der Waals surface area contributed by atoms with Gasteiger partial charge in [-0.1, -0.05) is 144 Å². The van der Waals surface area contributed by atoms with Crippen molar-refractivity contribution in [2.45, 2.75) is 38.5 Å². The minimum atomic E-state index is -0.518. The highest BCUT2D eigenvalue weighted by Gasteiger charge is 2.50. The summed E-state index contributed by atoms with van der Waals surface area (Å²) in [6.45, 7) is 8.73. The molecule has 0 atom stereocenters. The summed E-state index contributed by atoms with van der Waals surface area (Å²) in [5, 5.41) is 2.72. The molecule has 52 heavy (non-hydrogen) atoms. The van der Waals surface area contributed by atoms with Gasteiger partial charge in [0.2, 0.25) is 0 Å². The van der Waals surface area contributed by atoms with E-state index >= 15 is 0 Å². The van der Waals surface area contributed by atoms with E-state index in [0.717, 1.165) is 7.57 Å². The molecule has 252 valence electrons. The number of aryl methyl sites for hydroxylation is 4. The lowest BCUT2D eigenvalue weighted by Crippen LogP contribution is -2.35. The summed E-state index contributed by atoms with van der Waals surface area (Å²) in [5.41, 5.74) is 17.2. The molecule has 0 amide bonds. The standard InChI is InChI=1S/C48H34Br2S2/c1-27-5-13-31(14-6-27)47(32-15-7-28(2)8-16-32)37-23-21-36-44-38(24-22-35(43(37)44)45-39(47)25-41(49)51-45)48(33-17-9-29(3)10-18-33,34-19-11-30(4)12-20-34)40-26-42(50)52-46(36)40/h5-26H,1-4H3. The Hall–Kier alpha value is -4.06. The van der Waals surface area contributed by atoms with E-state index in [-0.39, 0.29) is 0 Å². The van der Waals surface area contributed by atoms with E-state index < -0.39 is 10.8 Å². The highest BCUT2D eigenvalue weighted by Crippen LogP contribution is 2.64. The van der Waals surface area contributed by atoms with Crippen LogP contribution in [0.1, 0.15) is 66.8 Å². The Morgan fingerprint density at radius 2 is 0.654 bits per heavy atom. The van der Waals surface area contributed by atoms with Crippen LogP contribution in [0.25, 0.3) is 31.7 Å². The maximum atomic E-state index is 3.99. The molecule has 0 radical (unpaired) electrons. The molecule has 0 nitrogen and oxygen atoms in total. The van der Waals surface area contributed by atoms with Crippen LogP contribution in [0.15, 0.2) is 141 Å². The first-order chi connectivity index (χ1) is 25.2. The van der Waals surface area contributed by atoms with Crippen LogP contribution in [0, 0.1) is 27.7 Å². The van der Waals surface area contributed by atoms with Crippen molar-refractivity contribution < 1.29 is 0 Å². The zero-order valence-electron chi connectivity index (χ0n) is 29.3. The van der Waals surface area contributed by atoms with Gasteiger partial charge in [0, 0.05) is 20.9 Å². The zero-order chi connectivity index (χ0) is 35.5. The Balaban J connectivity index is 1.43. The molecule has 2 aliphatic rings. The highest BCUT2D eigenvalue weighted by molar-refractivity contribution is 9.11. The number of rotatable bonds is 4. The fraction of sp³-hybridized carbons (Fsp3) is 0.125. The molecule has 0 fully saturated rings. The first-order valence-corrected chi connectivity index (χ1v) is 20.9. The smallest absolute Gasteiger partial charge is 0.0722 e. The van der Waals surface area contributed by atoms with E-state index in [1.54, 1.807) is 0 Å². The molecule has 2 aromatic heterocycles. The lowest BCUT2D eigenvalue weighted by molar-refractivity contribution is 0.743. The highest BCUT2D eigenvalue weighted by atomic mass is 79.9. The third kappa shape index (κ3) is 4.36. The first kappa shape index (κ1) is 32.6. The second-order valence-corrected chi connectivity index (χ2v) is 19.5. The molecule has 2 heterocycles. The van der Waals surface area contributed by atoms with E-state index in [9.17, 15) is 0 Å². The summed E-state index contributed by atoms with van der Waals surface area (Å²) in [5.74, 6) is 0. The third-order valence-corrected chi connectivity index (χ3v) is 15.0. The average Bonchev–Trinajstić information content (AvgIpc) is 3.74. The van der Waals surface area contributed by atoms with Crippen molar-refractivity contribution in [2.24, 2.45) is 0 Å². The van der Waals surface area contributed by atoms with Gasteiger partial charge in [-0.2, -0.15) is 0 Å². The van der Waals surface area contributed by atoms with Crippen molar-refractivity contribution >= 4 is 65.3 Å². The van der Waals surface area contributed by atoms with Gasteiger partial charge in [-0.15, -0.1) is 22.7 Å². The number of fused-ring (bicyclic) bond motifs is 4. The van der Waals surface area contributed by atoms with Crippen molar-refractivity contribution in [1.82, 2.24) is 0 Å². The van der Waals surface area contributed by atoms with Gasteiger partial charge in [-0.25, -0.2) is 0 Å². The first-order valence-electron chi connectivity index (χ1n) is 17.7. The second kappa shape index (κ2) is 11.7. The van der Waals surface area contributed by atoms with Crippen molar-refractivity contribution in [2.75, 3.05) is 0 Å². The van der Waals surface area contributed by atoms with Gasteiger partial charge in [0.05, 0.1) is 18.4 Å². The van der Waals surface area contributed by atoms with Gasteiger partial charge in [0.25, 0.3) is 0 Å². The molecule has 0 unspecified atom stereocenters. The fourth-order valence-corrected chi connectivity index (χ4v) is 12.6. The van der Waals surface area contributed by atoms with Crippen LogP contribution >= 0.6 is 54.5 Å². The minimum absolute atomic E-state index is 0.518. The number of hydrogen-bond donors (Lipinski definition) is 0. The molecule has 6 aromatic carbocycles. The van der Waals surface area contributed by atoms with Crippen LogP contribution in [0.2, 0.25) is 0 Å². The molecule has 2 aliphatic carbocycles. The van der Waals surface area contributed by atoms with Gasteiger partial charge >= 0.3 is 0 Å². The Morgan fingerprint density at radius 1 is 0.365 bits per heavy atom. The summed E-state index contributed by atoms with van der Waals surface area (Å²) in [7, 11) is 0. The Labute approximate surface area is 330 Å². The molecular weight excluding hydrogens is 800 g/mol. The second-order valence-electron chi connectivity index (χ2n) is 14.6. The van der Waals surface area contributed by atoms with Crippen LogP contribution in [-0.2, 0) is 10.8 Å². The summed E-state index contributed by atoms with van der Waals surface area (Å²) < 4.78 is 2.30. The van der Waals surface area contributed by atoms with E-state index in [2.05, 4.69) is 193 Å². The van der Waals surface area contributed by atoms with Crippen LogP contribution < -0.4 is 0 Å². The quantitative estimate of drug-likeness (QED) is 0.166. The van der Waals surface area contributed by atoms with E-state index in [0.29, 0.717) is 0 Å². The third-order valence-electron chi connectivity index (χ3n) is 11.6. The lowest BCUT2D eigenvalue weighted by Gasteiger charge is -2.44. The topological polar surface area (TPSA) is 0 Å². The maximum Gasteiger partial charge on any atom is 0.0722 e. The Kier molecular flexibility index (Phi) is 7.34. The van der Waals surface area contributed by atoms with Gasteiger partial charge in [0.15, 0.2) is 0 Å². The normalized spacial score (nSPS) is 14.7. The molecule has 4 heteroatoms. The predicted molar refractivity (Wildman–Crippen MR) is 229 cm³/mol. The van der Waals surface area contributed by atoms with Crippen LogP contribution in [0.5, 0.6) is 0 Å². The van der Waals surface area contributed by atoms with Gasteiger partial charge in [-0.05, 0) is 127 Å². The van der Waals surface area contributed by atoms with Crippen molar-refractivity contribution in [3.63, 3.8) is 0 Å². The number of thiophene rings is 2. The van der Waals surface area contributed by atoms with E-state index in [4.69, 9.17) is 0 Å². The number of benzene rings is 6. The molecule has 0 spiro atoms. The molecule has 0 aliphatic heterocycles. The van der Waals surface area contributed by atoms with Crippen molar-refractivity contribution in [1.29, 1.82) is 0 Å². The molecule has 0 saturated heterocycles. The summed E-state index contributed by atoms with van der Waals surface area (Å²) in [6, 6.07) is 51.7. The SMILES string of the molecule is Cc1ccc(C2(c3ccc(C)cc3)c3cc(Br)sc3-c3ccc4c5c(ccc2c35)-c2sc(Br)cc2C4(c2ccc(C)cc2)c2ccc(C)cc2)cc1. The monoisotopic (exact) mass is 832 g/mol. The molecule has 8 aromatic rings. The van der Waals surface area contributed by atoms with Gasteiger partial charge < -0.3 is 0 Å². The molecular formula is C48H34Br2S2. The van der Waals surface area contributed by atoms with Gasteiger partial charge in [-0.3, -0.25) is 0 Å². The summed E-state index contributed by atoms with van der Waals surface area (Å²) in [6.07, 6.45) is 0.